The monoisotopic (exact) mass is 369 g/mol. The van der Waals surface area contributed by atoms with Crippen molar-refractivity contribution < 1.29 is 4.79 Å². The second-order valence-electron chi connectivity index (χ2n) is 6.82. The van der Waals surface area contributed by atoms with Crippen LogP contribution >= 0.6 is 0 Å². The predicted octanol–water partition coefficient (Wildman–Crippen LogP) is 4.57. The third-order valence-corrected chi connectivity index (χ3v) is 4.64. The molecule has 0 unspecified atom stereocenters. The van der Waals surface area contributed by atoms with Crippen LogP contribution in [0.2, 0.25) is 0 Å². The van der Waals surface area contributed by atoms with Gasteiger partial charge in [0.25, 0.3) is 0 Å². The summed E-state index contributed by atoms with van der Waals surface area (Å²) < 4.78 is 0. The Morgan fingerprint density at radius 1 is 0.893 bits per heavy atom. The van der Waals surface area contributed by atoms with Gasteiger partial charge in [0, 0.05) is 5.69 Å². The van der Waals surface area contributed by atoms with Crippen LogP contribution in [0, 0.1) is 18.3 Å². The normalized spacial score (nSPS) is 12.6. The van der Waals surface area contributed by atoms with Gasteiger partial charge in [-0.25, -0.2) is 0 Å². The molecule has 0 fully saturated rings. The molecule has 2 N–H and O–H groups in total. The third-order valence-electron chi connectivity index (χ3n) is 4.64. The average Bonchev–Trinajstić information content (AvgIpc) is 2.73. The van der Waals surface area contributed by atoms with Crippen molar-refractivity contribution in [1.82, 2.24) is 5.32 Å². The first-order valence-corrected chi connectivity index (χ1v) is 9.25. The van der Waals surface area contributed by atoms with Crippen LogP contribution in [0.4, 0.5) is 5.69 Å². The van der Waals surface area contributed by atoms with Crippen molar-refractivity contribution in [3.8, 4) is 6.07 Å². The Balaban J connectivity index is 1.76. The zero-order chi connectivity index (χ0) is 19.9. The lowest BCUT2D eigenvalue weighted by molar-refractivity contribution is -0.117. The zero-order valence-electron chi connectivity index (χ0n) is 16.0. The molecule has 0 heterocycles. The highest BCUT2D eigenvalue weighted by molar-refractivity contribution is 5.94. The van der Waals surface area contributed by atoms with Crippen molar-refractivity contribution in [2.24, 2.45) is 0 Å². The van der Waals surface area contributed by atoms with Crippen LogP contribution in [0.1, 0.15) is 35.2 Å². The maximum absolute atomic E-state index is 12.7. The summed E-state index contributed by atoms with van der Waals surface area (Å²) >= 11 is 0. The Labute approximate surface area is 165 Å². The van der Waals surface area contributed by atoms with E-state index in [1.807, 2.05) is 25.1 Å². The van der Waals surface area contributed by atoms with E-state index >= 15 is 0 Å². The topological polar surface area (TPSA) is 64.9 Å². The predicted molar refractivity (Wildman–Crippen MR) is 112 cm³/mol. The van der Waals surface area contributed by atoms with Gasteiger partial charge in [0.1, 0.15) is 0 Å². The summed E-state index contributed by atoms with van der Waals surface area (Å²) in [5, 5.41) is 15.2. The SMILES string of the molecule is Cc1ccc([C@@H](N[C@H](C)C(=O)Nc2ccc(C#N)cc2)c2ccccc2)cc1. The van der Waals surface area contributed by atoms with Crippen molar-refractivity contribution in [1.29, 1.82) is 5.26 Å². The van der Waals surface area contributed by atoms with E-state index in [1.165, 1.54) is 5.56 Å². The van der Waals surface area contributed by atoms with Gasteiger partial charge in [-0.1, -0.05) is 60.2 Å². The summed E-state index contributed by atoms with van der Waals surface area (Å²) in [7, 11) is 0. The molecule has 0 saturated carbocycles. The number of aryl methyl sites for hydroxylation is 1. The Morgan fingerprint density at radius 2 is 1.50 bits per heavy atom. The van der Waals surface area contributed by atoms with Gasteiger partial charge in [0.15, 0.2) is 0 Å². The molecule has 28 heavy (non-hydrogen) atoms. The van der Waals surface area contributed by atoms with Crippen molar-refractivity contribution in [2.75, 3.05) is 5.32 Å². The molecule has 0 aliphatic carbocycles. The van der Waals surface area contributed by atoms with Crippen LogP contribution in [0.3, 0.4) is 0 Å². The number of hydrogen-bond donors (Lipinski definition) is 2. The Kier molecular flexibility index (Phi) is 6.21. The number of carbonyl (C=O) groups excluding carboxylic acids is 1. The molecule has 1 amide bonds. The minimum atomic E-state index is -0.415. The number of nitriles is 1. The number of carbonyl (C=O) groups is 1. The summed E-state index contributed by atoms with van der Waals surface area (Å²) in [6.45, 7) is 3.91. The largest absolute Gasteiger partial charge is 0.325 e. The van der Waals surface area contributed by atoms with Crippen LogP contribution in [0.5, 0.6) is 0 Å². The first kappa shape index (κ1) is 19.3. The van der Waals surface area contributed by atoms with Gasteiger partial charge < -0.3 is 5.32 Å². The summed E-state index contributed by atoms with van der Waals surface area (Å²) in [5.41, 5.74) is 4.64. The fourth-order valence-corrected chi connectivity index (χ4v) is 2.99. The summed E-state index contributed by atoms with van der Waals surface area (Å²) in [6, 6.07) is 26.8. The Morgan fingerprint density at radius 3 is 2.11 bits per heavy atom. The highest BCUT2D eigenvalue weighted by atomic mass is 16.2. The number of benzene rings is 3. The van der Waals surface area contributed by atoms with E-state index in [-0.39, 0.29) is 11.9 Å². The zero-order valence-corrected chi connectivity index (χ0v) is 16.0. The van der Waals surface area contributed by atoms with Crippen molar-refractivity contribution >= 4 is 11.6 Å². The molecule has 0 spiro atoms. The molecule has 0 bridgehead atoms. The molecule has 140 valence electrons. The van der Waals surface area contributed by atoms with Crippen LogP contribution in [0.25, 0.3) is 0 Å². The lowest BCUT2D eigenvalue weighted by Crippen LogP contribution is -2.40. The number of nitrogens with zero attached hydrogens (tertiary/aromatic N) is 1. The van der Waals surface area contributed by atoms with E-state index in [2.05, 4.69) is 60.0 Å². The van der Waals surface area contributed by atoms with E-state index < -0.39 is 6.04 Å². The fourth-order valence-electron chi connectivity index (χ4n) is 2.99. The van der Waals surface area contributed by atoms with E-state index in [9.17, 15) is 4.79 Å². The second kappa shape index (κ2) is 8.98. The van der Waals surface area contributed by atoms with Crippen molar-refractivity contribution in [2.45, 2.75) is 25.9 Å². The number of anilines is 1. The molecule has 0 aliphatic rings. The number of hydrogen-bond acceptors (Lipinski definition) is 3. The molecule has 4 nitrogen and oxygen atoms in total. The van der Waals surface area contributed by atoms with E-state index in [4.69, 9.17) is 5.26 Å². The molecule has 0 radical (unpaired) electrons. The molecule has 0 aromatic heterocycles. The first-order chi connectivity index (χ1) is 13.6. The number of rotatable bonds is 6. The summed E-state index contributed by atoms with van der Waals surface area (Å²) in [6.07, 6.45) is 0. The van der Waals surface area contributed by atoms with E-state index in [1.54, 1.807) is 24.3 Å². The van der Waals surface area contributed by atoms with Crippen LogP contribution in [0.15, 0.2) is 78.9 Å². The minimum Gasteiger partial charge on any atom is -0.325 e. The highest BCUT2D eigenvalue weighted by Crippen LogP contribution is 2.23. The van der Waals surface area contributed by atoms with Crippen molar-refractivity contribution in [3.63, 3.8) is 0 Å². The standard InChI is InChI=1S/C24H23N3O/c1-17-8-12-21(13-9-17)23(20-6-4-3-5-7-20)26-18(2)24(28)27-22-14-10-19(16-25)11-15-22/h3-15,18,23,26H,1-2H3,(H,27,28)/t18-,23+/m1/s1. The van der Waals surface area contributed by atoms with Gasteiger partial charge >= 0.3 is 0 Å². The molecule has 3 rings (SSSR count). The van der Waals surface area contributed by atoms with Gasteiger partial charge in [0.2, 0.25) is 5.91 Å². The van der Waals surface area contributed by atoms with Crippen LogP contribution in [-0.4, -0.2) is 11.9 Å². The van der Waals surface area contributed by atoms with Gasteiger partial charge in [-0.3, -0.25) is 10.1 Å². The van der Waals surface area contributed by atoms with E-state index in [0.717, 1.165) is 11.1 Å². The van der Waals surface area contributed by atoms with Crippen molar-refractivity contribution in [3.05, 3.63) is 101 Å². The van der Waals surface area contributed by atoms with Crippen LogP contribution in [-0.2, 0) is 4.79 Å². The highest BCUT2D eigenvalue weighted by Gasteiger charge is 2.20. The molecular formula is C24H23N3O. The summed E-state index contributed by atoms with van der Waals surface area (Å²) in [4.78, 5) is 12.7. The lowest BCUT2D eigenvalue weighted by atomic mass is 9.97. The second-order valence-corrected chi connectivity index (χ2v) is 6.82. The minimum absolute atomic E-state index is 0.0940. The fraction of sp³-hybridized carbons (Fsp3) is 0.167. The van der Waals surface area contributed by atoms with E-state index in [0.29, 0.717) is 11.3 Å². The van der Waals surface area contributed by atoms with Gasteiger partial charge in [-0.05, 0) is 49.2 Å². The average molecular weight is 369 g/mol. The lowest BCUT2D eigenvalue weighted by Gasteiger charge is -2.24. The smallest absolute Gasteiger partial charge is 0.241 e. The molecule has 2 atom stereocenters. The molecular weight excluding hydrogens is 346 g/mol. The van der Waals surface area contributed by atoms with Gasteiger partial charge in [0.05, 0.1) is 23.7 Å². The molecule has 0 aliphatic heterocycles. The number of nitrogens with one attached hydrogen (secondary N) is 2. The maximum atomic E-state index is 12.7. The molecule has 3 aromatic carbocycles. The third kappa shape index (κ3) is 4.85. The van der Waals surface area contributed by atoms with Crippen LogP contribution < -0.4 is 10.6 Å². The molecule has 4 heteroatoms. The van der Waals surface area contributed by atoms with Gasteiger partial charge in [-0.2, -0.15) is 5.26 Å². The quantitative estimate of drug-likeness (QED) is 0.669. The Bertz CT molecular complexity index is 957. The molecule has 0 saturated heterocycles. The maximum Gasteiger partial charge on any atom is 0.241 e. The molecule has 3 aromatic rings. The van der Waals surface area contributed by atoms with Gasteiger partial charge in [-0.15, -0.1) is 0 Å². The Hall–Kier alpha value is -3.42. The number of amides is 1. The first-order valence-electron chi connectivity index (χ1n) is 9.25. The summed E-state index contributed by atoms with van der Waals surface area (Å²) in [5.74, 6) is -0.127.